The molecule has 1 aromatic carbocycles. The molecule has 146 valence electrons. The number of nitro benzene ring substituents is 1. The van der Waals surface area contributed by atoms with Crippen molar-refractivity contribution in [3.8, 4) is 11.3 Å². The molecule has 2 fully saturated rings. The van der Waals surface area contributed by atoms with E-state index in [-0.39, 0.29) is 22.9 Å². The zero-order chi connectivity index (χ0) is 19.9. The molecule has 7 nitrogen and oxygen atoms in total. The maximum absolute atomic E-state index is 12.4. The number of hydrogen-bond donors (Lipinski definition) is 1. The third kappa shape index (κ3) is 3.30. The first-order chi connectivity index (χ1) is 13.4. The Labute approximate surface area is 166 Å². The van der Waals surface area contributed by atoms with E-state index in [2.05, 4.69) is 17.5 Å². The highest BCUT2D eigenvalue weighted by atomic mass is 35.5. The molecule has 2 aliphatic rings. The first-order valence-corrected chi connectivity index (χ1v) is 9.65. The lowest BCUT2D eigenvalue weighted by Gasteiger charge is -2.15. The monoisotopic (exact) mass is 401 g/mol. The van der Waals surface area contributed by atoms with Crippen molar-refractivity contribution in [2.45, 2.75) is 32.6 Å². The van der Waals surface area contributed by atoms with Crippen LogP contribution in [0.15, 0.2) is 39.9 Å². The normalized spacial score (nSPS) is 26.1. The molecule has 0 bridgehead atoms. The van der Waals surface area contributed by atoms with Gasteiger partial charge in [-0.1, -0.05) is 31.4 Å². The van der Waals surface area contributed by atoms with E-state index in [1.54, 1.807) is 12.1 Å². The number of nitrogens with zero attached hydrogens (tertiary/aromatic N) is 2. The van der Waals surface area contributed by atoms with Gasteiger partial charge in [0.05, 0.1) is 16.2 Å². The van der Waals surface area contributed by atoms with Gasteiger partial charge in [-0.25, -0.2) is 5.43 Å². The van der Waals surface area contributed by atoms with Gasteiger partial charge in [0.1, 0.15) is 11.5 Å². The van der Waals surface area contributed by atoms with E-state index in [9.17, 15) is 14.9 Å². The molecular formula is C20H20ClN3O4. The number of furan rings is 1. The molecule has 28 heavy (non-hydrogen) atoms. The smallest absolute Gasteiger partial charge is 0.270 e. The molecule has 2 aromatic rings. The summed E-state index contributed by atoms with van der Waals surface area (Å²) >= 11 is 6.13. The Bertz CT molecular complexity index is 970. The maximum atomic E-state index is 12.4. The molecule has 2 saturated carbocycles. The van der Waals surface area contributed by atoms with Crippen molar-refractivity contribution in [2.24, 2.45) is 22.4 Å². The Balaban J connectivity index is 1.42. The number of benzene rings is 1. The Morgan fingerprint density at radius 2 is 2.21 bits per heavy atom. The number of non-ortho nitro benzene ring substituents is 1. The Hall–Kier alpha value is -2.67. The highest BCUT2D eigenvalue weighted by Crippen LogP contribution is 2.66. The molecule has 1 aromatic heterocycles. The summed E-state index contributed by atoms with van der Waals surface area (Å²) < 4.78 is 5.65. The fourth-order valence-electron chi connectivity index (χ4n) is 4.46. The second kappa shape index (κ2) is 7.05. The summed E-state index contributed by atoms with van der Waals surface area (Å²) in [6.07, 6.45) is 6.02. The van der Waals surface area contributed by atoms with E-state index in [0.29, 0.717) is 28.0 Å². The van der Waals surface area contributed by atoms with Crippen molar-refractivity contribution < 1.29 is 14.1 Å². The molecule has 3 atom stereocenters. The average Bonchev–Trinajstić information content (AvgIpc) is 3.03. The van der Waals surface area contributed by atoms with Gasteiger partial charge in [0.15, 0.2) is 0 Å². The van der Waals surface area contributed by atoms with Crippen molar-refractivity contribution in [1.29, 1.82) is 0 Å². The van der Waals surface area contributed by atoms with Crippen LogP contribution in [0.4, 0.5) is 5.69 Å². The molecule has 0 saturated heterocycles. The molecule has 0 spiro atoms. The second-order valence-corrected chi connectivity index (χ2v) is 8.10. The van der Waals surface area contributed by atoms with Crippen LogP contribution in [0.25, 0.3) is 11.3 Å². The van der Waals surface area contributed by atoms with E-state index in [0.717, 1.165) is 12.8 Å². The predicted octanol–water partition coefficient (Wildman–Crippen LogP) is 4.78. The summed E-state index contributed by atoms with van der Waals surface area (Å²) in [7, 11) is 0. The standard InChI is InChI=1S/C20H20ClN3O4/c1-20-9-3-2-4-15(20)18(20)19(25)23-22-11-13-6-8-17(28-13)14-10-12(24(26)27)5-7-16(14)21/h5-8,10-11,15,18H,2-4,9H2,1H3,(H,23,25)/b22-11-/t15-,18+,20-/m1/s1. The molecule has 1 amide bonds. The lowest BCUT2D eigenvalue weighted by Crippen LogP contribution is -2.22. The molecule has 0 unspecified atom stereocenters. The predicted molar refractivity (Wildman–Crippen MR) is 105 cm³/mol. The summed E-state index contributed by atoms with van der Waals surface area (Å²) in [6.45, 7) is 2.19. The zero-order valence-corrected chi connectivity index (χ0v) is 16.1. The fourth-order valence-corrected chi connectivity index (χ4v) is 4.67. The molecule has 0 radical (unpaired) electrons. The largest absolute Gasteiger partial charge is 0.455 e. The average molecular weight is 402 g/mol. The van der Waals surface area contributed by atoms with Gasteiger partial charge in [-0.2, -0.15) is 5.10 Å². The summed E-state index contributed by atoms with van der Waals surface area (Å²) in [5.41, 5.74) is 3.10. The summed E-state index contributed by atoms with van der Waals surface area (Å²) in [6, 6.07) is 7.48. The Morgan fingerprint density at radius 1 is 1.39 bits per heavy atom. The number of halogens is 1. The van der Waals surface area contributed by atoms with Gasteiger partial charge in [0, 0.05) is 23.6 Å². The fraction of sp³-hybridized carbons (Fsp3) is 0.400. The second-order valence-electron chi connectivity index (χ2n) is 7.69. The van der Waals surface area contributed by atoms with Crippen molar-refractivity contribution in [1.82, 2.24) is 5.43 Å². The number of fused-ring (bicyclic) bond motifs is 1. The number of carbonyl (C=O) groups is 1. The van der Waals surface area contributed by atoms with Crippen molar-refractivity contribution >= 4 is 29.4 Å². The number of nitrogens with one attached hydrogen (secondary N) is 1. The minimum absolute atomic E-state index is 0.0424. The minimum atomic E-state index is -0.489. The number of carbonyl (C=O) groups excluding carboxylic acids is 1. The summed E-state index contributed by atoms with van der Waals surface area (Å²) in [5.74, 6) is 1.28. The number of amides is 1. The lowest BCUT2D eigenvalue weighted by molar-refractivity contribution is -0.384. The molecule has 1 heterocycles. The first kappa shape index (κ1) is 18.7. The number of hydrazone groups is 1. The van der Waals surface area contributed by atoms with Crippen LogP contribution in [0.1, 0.15) is 38.4 Å². The van der Waals surface area contributed by atoms with Gasteiger partial charge in [0.25, 0.3) is 5.69 Å². The molecule has 1 N–H and O–H groups in total. The molecule has 8 heteroatoms. The molecule has 2 aliphatic carbocycles. The first-order valence-electron chi connectivity index (χ1n) is 9.27. The number of nitro groups is 1. The van der Waals surface area contributed by atoms with Crippen LogP contribution >= 0.6 is 11.6 Å². The van der Waals surface area contributed by atoms with Gasteiger partial charge in [0.2, 0.25) is 5.91 Å². The van der Waals surface area contributed by atoms with Crippen LogP contribution in [0.3, 0.4) is 0 Å². The van der Waals surface area contributed by atoms with Gasteiger partial charge in [-0.05, 0) is 42.4 Å². The van der Waals surface area contributed by atoms with Crippen LogP contribution in [0, 0.1) is 27.4 Å². The topological polar surface area (TPSA) is 97.7 Å². The molecule has 0 aliphatic heterocycles. The Kier molecular flexibility index (Phi) is 4.71. The van der Waals surface area contributed by atoms with Crippen molar-refractivity contribution in [3.05, 3.63) is 51.2 Å². The van der Waals surface area contributed by atoms with Crippen LogP contribution in [0.5, 0.6) is 0 Å². The van der Waals surface area contributed by atoms with E-state index >= 15 is 0 Å². The molecule has 4 rings (SSSR count). The maximum Gasteiger partial charge on any atom is 0.270 e. The van der Waals surface area contributed by atoms with E-state index < -0.39 is 4.92 Å². The van der Waals surface area contributed by atoms with Gasteiger partial charge in [-0.15, -0.1) is 0 Å². The van der Waals surface area contributed by atoms with Crippen molar-refractivity contribution in [2.75, 3.05) is 0 Å². The van der Waals surface area contributed by atoms with Gasteiger partial charge < -0.3 is 4.42 Å². The Morgan fingerprint density at radius 3 is 2.93 bits per heavy atom. The van der Waals surface area contributed by atoms with Gasteiger partial charge >= 0.3 is 0 Å². The summed E-state index contributed by atoms with van der Waals surface area (Å²) in [4.78, 5) is 22.9. The van der Waals surface area contributed by atoms with E-state index in [4.69, 9.17) is 16.0 Å². The van der Waals surface area contributed by atoms with Crippen molar-refractivity contribution in [3.63, 3.8) is 0 Å². The van der Waals surface area contributed by atoms with E-state index in [1.165, 1.54) is 37.3 Å². The third-order valence-electron chi connectivity index (χ3n) is 6.03. The zero-order valence-electron chi connectivity index (χ0n) is 15.4. The quantitative estimate of drug-likeness (QED) is 0.442. The van der Waals surface area contributed by atoms with Gasteiger partial charge in [-0.3, -0.25) is 14.9 Å². The van der Waals surface area contributed by atoms with E-state index in [1.807, 2.05) is 0 Å². The highest BCUT2D eigenvalue weighted by molar-refractivity contribution is 6.33. The van der Waals surface area contributed by atoms with Crippen LogP contribution in [0.2, 0.25) is 5.02 Å². The highest BCUT2D eigenvalue weighted by Gasteiger charge is 2.64. The SMILES string of the molecule is C[C@@]12CCCC[C@@H]1[C@H]2C(=O)N/N=C\c1ccc(-c2cc([N+](=O)[O-])ccc2Cl)o1. The van der Waals surface area contributed by atoms with Crippen LogP contribution < -0.4 is 5.43 Å². The lowest BCUT2D eigenvalue weighted by atomic mass is 9.90. The molecular weight excluding hydrogens is 382 g/mol. The van der Waals surface area contributed by atoms with Crippen LogP contribution in [-0.2, 0) is 4.79 Å². The minimum Gasteiger partial charge on any atom is -0.455 e. The number of rotatable bonds is 5. The number of hydrogen-bond acceptors (Lipinski definition) is 5. The summed E-state index contributed by atoms with van der Waals surface area (Å²) in [5, 5.41) is 15.3. The third-order valence-corrected chi connectivity index (χ3v) is 6.36. The van der Waals surface area contributed by atoms with Crippen LogP contribution in [-0.4, -0.2) is 17.0 Å².